The second-order valence-electron chi connectivity index (χ2n) is 6.14. The average Bonchev–Trinajstić information content (AvgIpc) is 3.03. The zero-order chi connectivity index (χ0) is 18.4. The standard InChI is InChI=1S/C17H24N4O3S/c1-14-6-4-7-16(12-14)21(25(3,23)24)13-17(22)19-15(2)8-11-20-10-5-9-18-20/h4-7,9-10,12,15H,8,11,13H2,1-3H3,(H,19,22)/t15-/m0/s1. The van der Waals surface area contributed by atoms with Gasteiger partial charge in [0, 0.05) is 25.0 Å². The summed E-state index contributed by atoms with van der Waals surface area (Å²) in [6, 6.07) is 8.83. The van der Waals surface area contributed by atoms with Crippen LogP contribution in [0.25, 0.3) is 0 Å². The molecule has 1 aromatic carbocycles. The van der Waals surface area contributed by atoms with Gasteiger partial charge >= 0.3 is 0 Å². The van der Waals surface area contributed by atoms with E-state index in [1.54, 1.807) is 29.1 Å². The molecule has 0 aliphatic carbocycles. The van der Waals surface area contributed by atoms with Crippen LogP contribution in [0.15, 0.2) is 42.7 Å². The molecule has 0 aliphatic rings. The van der Waals surface area contributed by atoms with Gasteiger partial charge in [0.15, 0.2) is 0 Å². The van der Waals surface area contributed by atoms with Gasteiger partial charge in [-0.3, -0.25) is 13.8 Å². The molecule has 0 bridgehead atoms. The fraction of sp³-hybridized carbons (Fsp3) is 0.412. The molecule has 1 aromatic heterocycles. The Hall–Kier alpha value is -2.35. The Kier molecular flexibility index (Phi) is 6.19. The van der Waals surface area contributed by atoms with Gasteiger partial charge in [0.1, 0.15) is 6.54 Å². The number of anilines is 1. The lowest BCUT2D eigenvalue weighted by atomic mass is 10.2. The number of sulfonamides is 1. The van der Waals surface area contributed by atoms with Crippen LogP contribution in [0.5, 0.6) is 0 Å². The molecule has 1 heterocycles. The molecule has 7 nitrogen and oxygen atoms in total. The summed E-state index contributed by atoms with van der Waals surface area (Å²) in [6.45, 7) is 4.21. The zero-order valence-electron chi connectivity index (χ0n) is 14.7. The van der Waals surface area contributed by atoms with Crippen LogP contribution >= 0.6 is 0 Å². The Morgan fingerprint density at radius 1 is 1.36 bits per heavy atom. The largest absolute Gasteiger partial charge is 0.352 e. The van der Waals surface area contributed by atoms with Crippen LogP contribution in [0.3, 0.4) is 0 Å². The number of rotatable bonds is 8. The maximum atomic E-state index is 12.3. The van der Waals surface area contributed by atoms with Crippen LogP contribution in [-0.2, 0) is 21.4 Å². The van der Waals surface area contributed by atoms with Gasteiger partial charge in [0.05, 0.1) is 11.9 Å². The molecule has 25 heavy (non-hydrogen) atoms. The van der Waals surface area contributed by atoms with Crippen molar-refractivity contribution in [2.24, 2.45) is 0 Å². The lowest BCUT2D eigenvalue weighted by molar-refractivity contribution is -0.120. The Labute approximate surface area is 148 Å². The number of amides is 1. The number of carbonyl (C=O) groups excluding carboxylic acids is 1. The summed E-state index contributed by atoms with van der Waals surface area (Å²) in [6.07, 6.45) is 5.37. The van der Waals surface area contributed by atoms with Gasteiger partial charge in [0.25, 0.3) is 0 Å². The summed E-state index contributed by atoms with van der Waals surface area (Å²) in [5, 5.41) is 6.96. The van der Waals surface area contributed by atoms with E-state index in [1.165, 1.54) is 0 Å². The number of aryl methyl sites for hydroxylation is 2. The van der Waals surface area contributed by atoms with Gasteiger partial charge in [-0.05, 0) is 44.0 Å². The molecule has 0 aliphatic heterocycles. The van der Waals surface area contributed by atoms with Gasteiger partial charge in [-0.25, -0.2) is 8.42 Å². The van der Waals surface area contributed by atoms with Crippen molar-refractivity contribution < 1.29 is 13.2 Å². The number of hydrogen-bond donors (Lipinski definition) is 1. The van der Waals surface area contributed by atoms with Crippen molar-refractivity contribution in [1.29, 1.82) is 0 Å². The monoisotopic (exact) mass is 364 g/mol. The summed E-state index contributed by atoms with van der Waals surface area (Å²) in [5.74, 6) is -0.333. The molecule has 0 unspecified atom stereocenters. The molecular formula is C17H24N4O3S. The fourth-order valence-electron chi connectivity index (χ4n) is 2.46. The minimum atomic E-state index is -3.55. The van der Waals surface area contributed by atoms with Crippen molar-refractivity contribution in [3.63, 3.8) is 0 Å². The van der Waals surface area contributed by atoms with Gasteiger partial charge in [-0.2, -0.15) is 5.10 Å². The predicted octanol–water partition coefficient (Wildman–Crippen LogP) is 1.55. The van der Waals surface area contributed by atoms with Crippen LogP contribution in [0.1, 0.15) is 18.9 Å². The zero-order valence-corrected chi connectivity index (χ0v) is 15.5. The number of nitrogens with zero attached hydrogens (tertiary/aromatic N) is 3. The van der Waals surface area contributed by atoms with E-state index in [0.717, 1.165) is 16.1 Å². The summed E-state index contributed by atoms with van der Waals surface area (Å²) in [5.41, 5.74) is 1.42. The highest BCUT2D eigenvalue weighted by atomic mass is 32.2. The Bertz CT molecular complexity index is 803. The number of carbonyl (C=O) groups is 1. The third kappa shape index (κ3) is 5.90. The van der Waals surface area contributed by atoms with Crippen LogP contribution in [-0.4, -0.2) is 42.9 Å². The Morgan fingerprint density at radius 3 is 2.72 bits per heavy atom. The highest BCUT2D eigenvalue weighted by Gasteiger charge is 2.21. The Balaban J connectivity index is 1.97. The highest BCUT2D eigenvalue weighted by Crippen LogP contribution is 2.18. The summed E-state index contributed by atoms with van der Waals surface area (Å²) < 4.78 is 27.1. The van der Waals surface area contributed by atoms with Crippen LogP contribution < -0.4 is 9.62 Å². The number of benzene rings is 1. The quantitative estimate of drug-likeness (QED) is 0.770. The number of aromatic nitrogens is 2. The minimum Gasteiger partial charge on any atom is -0.352 e. The van der Waals surface area contributed by atoms with E-state index >= 15 is 0 Å². The molecule has 8 heteroatoms. The normalized spacial score (nSPS) is 12.6. The number of hydrogen-bond acceptors (Lipinski definition) is 4. The van der Waals surface area contributed by atoms with Crippen molar-refractivity contribution in [1.82, 2.24) is 15.1 Å². The molecule has 1 amide bonds. The first-order valence-corrected chi connectivity index (χ1v) is 9.91. The summed E-state index contributed by atoms with van der Waals surface area (Å²) in [4.78, 5) is 12.3. The summed E-state index contributed by atoms with van der Waals surface area (Å²) in [7, 11) is -3.55. The first kappa shape index (κ1) is 19.0. The first-order chi connectivity index (χ1) is 11.8. The maximum Gasteiger partial charge on any atom is 0.240 e. The number of nitrogens with one attached hydrogen (secondary N) is 1. The van der Waals surface area contributed by atoms with Crippen molar-refractivity contribution in [3.8, 4) is 0 Å². The van der Waals surface area contributed by atoms with Crippen molar-refractivity contribution in [2.45, 2.75) is 32.9 Å². The minimum absolute atomic E-state index is 0.0874. The van der Waals surface area contributed by atoms with E-state index < -0.39 is 10.0 Å². The smallest absolute Gasteiger partial charge is 0.240 e. The van der Waals surface area contributed by atoms with E-state index in [1.807, 2.05) is 32.2 Å². The molecule has 2 rings (SSSR count). The van der Waals surface area contributed by atoms with Gasteiger partial charge in [-0.15, -0.1) is 0 Å². The molecule has 2 aromatic rings. The van der Waals surface area contributed by atoms with E-state index in [2.05, 4.69) is 10.4 Å². The van der Waals surface area contributed by atoms with Crippen molar-refractivity contribution in [2.75, 3.05) is 17.1 Å². The molecule has 0 saturated carbocycles. The van der Waals surface area contributed by atoms with E-state index in [-0.39, 0.29) is 18.5 Å². The lowest BCUT2D eigenvalue weighted by Gasteiger charge is -2.23. The fourth-order valence-corrected chi connectivity index (χ4v) is 3.31. The summed E-state index contributed by atoms with van der Waals surface area (Å²) >= 11 is 0. The van der Waals surface area contributed by atoms with Crippen molar-refractivity contribution in [3.05, 3.63) is 48.3 Å². The molecule has 1 atom stereocenters. The van der Waals surface area contributed by atoms with Gasteiger partial charge in [0.2, 0.25) is 15.9 Å². The van der Waals surface area contributed by atoms with Crippen LogP contribution in [0.2, 0.25) is 0 Å². The molecule has 1 N–H and O–H groups in total. The van der Waals surface area contributed by atoms with Gasteiger partial charge < -0.3 is 5.32 Å². The van der Waals surface area contributed by atoms with E-state index in [0.29, 0.717) is 18.7 Å². The molecule has 136 valence electrons. The topological polar surface area (TPSA) is 84.3 Å². The molecular weight excluding hydrogens is 340 g/mol. The first-order valence-electron chi connectivity index (χ1n) is 8.07. The van der Waals surface area contributed by atoms with Crippen molar-refractivity contribution >= 4 is 21.6 Å². The van der Waals surface area contributed by atoms with Crippen LogP contribution in [0, 0.1) is 6.92 Å². The SMILES string of the molecule is Cc1cccc(N(CC(=O)N[C@@H](C)CCn2cccn2)S(C)(=O)=O)c1. The van der Waals surface area contributed by atoms with Gasteiger partial charge in [-0.1, -0.05) is 12.1 Å². The third-order valence-corrected chi connectivity index (χ3v) is 4.88. The lowest BCUT2D eigenvalue weighted by Crippen LogP contribution is -2.43. The molecule has 0 radical (unpaired) electrons. The van der Waals surface area contributed by atoms with E-state index in [9.17, 15) is 13.2 Å². The predicted molar refractivity (Wildman–Crippen MR) is 97.8 cm³/mol. The van der Waals surface area contributed by atoms with Crippen LogP contribution in [0.4, 0.5) is 5.69 Å². The average molecular weight is 364 g/mol. The Morgan fingerprint density at radius 2 is 2.12 bits per heavy atom. The van der Waals surface area contributed by atoms with E-state index in [4.69, 9.17) is 0 Å². The molecule has 0 saturated heterocycles. The second kappa shape index (κ2) is 8.15. The molecule has 0 fully saturated rings. The molecule has 0 spiro atoms. The third-order valence-electron chi connectivity index (χ3n) is 3.73. The highest BCUT2D eigenvalue weighted by molar-refractivity contribution is 7.92. The second-order valence-corrected chi connectivity index (χ2v) is 8.04. The maximum absolute atomic E-state index is 12.3.